The topological polar surface area (TPSA) is 88.5 Å². The maximum atomic E-state index is 13.9. The highest BCUT2D eigenvalue weighted by atomic mass is 35.5. The molecule has 6 rings (SSSR count). The van der Waals surface area contributed by atoms with Crippen LogP contribution in [0.5, 0.6) is 0 Å². The number of nitrogens with zero attached hydrogens (tertiary/aromatic N) is 2. The van der Waals surface area contributed by atoms with Crippen molar-refractivity contribution >= 4 is 75.4 Å². The summed E-state index contributed by atoms with van der Waals surface area (Å²) < 4.78 is 40.6. The highest BCUT2D eigenvalue weighted by molar-refractivity contribution is 8.00. The Kier molecular flexibility index (Phi) is 7.66. The fraction of sp³-hybridized carbons (Fsp3) is 0.172. The number of halogens is 5. The van der Waals surface area contributed by atoms with Gasteiger partial charge in [-0.05, 0) is 60.2 Å². The average Bonchev–Trinajstić information content (AvgIpc) is 3.40. The van der Waals surface area contributed by atoms with Crippen LogP contribution in [0.15, 0.2) is 82.6 Å². The number of carbonyl (C=O) groups excluding carboxylic acids is 3. The second-order valence-electron chi connectivity index (χ2n) is 9.83. The molecule has 3 aromatic carbocycles. The molecule has 3 atom stereocenters. The lowest BCUT2D eigenvalue weighted by molar-refractivity contribution is -0.137. The van der Waals surface area contributed by atoms with E-state index in [-0.39, 0.29) is 5.69 Å². The van der Waals surface area contributed by atoms with E-state index in [2.05, 4.69) is 5.32 Å². The number of alkyl halides is 3. The van der Waals surface area contributed by atoms with E-state index in [0.29, 0.717) is 31.2 Å². The second-order valence-corrected chi connectivity index (χ2v) is 12.8. The molecule has 3 amide bonds. The number of hydrogen-bond donors (Lipinski definition) is 1. The van der Waals surface area contributed by atoms with Crippen LogP contribution < -0.4 is 15.1 Å². The third-order valence-electron chi connectivity index (χ3n) is 7.14. The van der Waals surface area contributed by atoms with Gasteiger partial charge in [0.15, 0.2) is 0 Å². The van der Waals surface area contributed by atoms with E-state index in [0.717, 1.165) is 40.1 Å². The third kappa shape index (κ3) is 5.48. The molecule has 0 spiro atoms. The summed E-state index contributed by atoms with van der Waals surface area (Å²) in [7, 11) is 0. The smallest absolute Gasteiger partial charge is 0.325 e. The Hall–Kier alpha value is -3.58. The maximum Gasteiger partial charge on any atom is 0.416 e. The predicted octanol–water partition coefficient (Wildman–Crippen LogP) is 6.67. The molecule has 43 heavy (non-hydrogen) atoms. The summed E-state index contributed by atoms with van der Waals surface area (Å²) >= 11 is 14.0. The Balaban J connectivity index is 1.37. The number of nitrogens with one attached hydrogen (secondary N) is 1. The standard InChI is InChI=1S/C29H18Cl2F3N3O4S2/c30-16-6-4-14(5-7-16)21-22-23(26(40)37(25(22)39)19-10-8-17(31)9-11-19)42-27-24(21)43-28(41)36(27)13-20(38)35-18-3-1-2-15(12-18)29(32,33)34/h1-12,21-23H,13H2,(H,35,38)/t21-,22?,23?/m0/s1. The summed E-state index contributed by atoms with van der Waals surface area (Å²) in [4.78, 5) is 54.9. The SMILES string of the molecule is O=C(Cn1c2c(sc1=O)[C@@H](c1ccc(Cl)cc1)C1C(=O)N(c3ccc(Cl)cc3)C(=O)C1S2)Nc1cccc(C(F)(F)F)c1. The Morgan fingerprint density at radius 3 is 2.21 bits per heavy atom. The molecule has 2 aliphatic heterocycles. The van der Waals surface area contributed by atoms with Gasteiger partial charge < -0.3 is 5.32 Å². The monoisotopic (exact) mass is 663 g/mol. The largest absolute Gasteiger partial charge is 0.416 e. The van der Waals surface area contributed by atoms with Crippen molar-refractivity contribution in [2.75, 3.05) is 10.2 Å². The highest BCUT2D eigenvalue weighted by Gasteiger charge is 2.56. The van der Waals surface area contributed by atoms with E-state index >= 15 is 0 Å². The number of rotatable bonds is 5. The summed E-state index contributed by atoms with van der Waals surface area (Å²) in [6.07, 6.45) is -4.60. The zero-order valence-electron chi connectivity index (χ0n) is 21.6. The van der Waals surface area contributed by atoms with Gasteiger partial charge >= 0.3 is 11.0 Å². The van der Waals surface area contributed by atoms with Gasteiger partial charge in [-0.3, -0.25) is 23.7 Å². The van der Waals surface area contributed by atoms with Crippen LogP contribution in [-0.4, -0.2) is 27.5 Å². The lowest BCUT2D eigenvalue weighted by Crippen LogP contribution is -2.33. The molecule has 220 valence electrons. The van der Waals surface area contributed by atoms with Gasteiger partial charge in [0.1, 0.15) is 11.8 Å². The number of aromatic nitrogens is 1. The molecule has 2 aliphatic rings. The first kappa shape index (κ1) is 29.5. The van der Waals surface area contributed by atoms with Crippen molar-refractivity contribution in [1.82, 2.24) is 4.57 Å². The van der Waals surface area contributed by atoms with E-state index in [1.807, 2.05) is 0 Å². The normalized spacial score (nSPS) is 19.7. The van der Waals surface area contributed by atoms with Gasteiger partial charge in [-0.25, -0.2) is 4.90 Å². The van der Waals surface area contributed by atoms with Gasteiger partial charge in [0.05, 0.1) is 22.2 Å². The maximum absolute atomic E-state index is 13.9. The van der Waals surface area contributed by atoms with Crippen molar-refractivity contribution in [2.45, 2.75) is 28.9 Å². The lowest BCUT2D eigenvalue weighted by atomic mass is 9.83. The van der Waals surface area contributed by atoms with E-state index in [4.69, 9.17) is 23.2 Å². The van der Waals surface area contributed by atoms with Gasteiger partial charge in [0.2, 0.25) is 17.7 Å². The molecule has 1 saturated heterocycles. The molecule has 1 aromatic heterocycles. The van der Waals surface area contributed by atoms with Crippen LogP contribution >= 0.6 is 46.3 Å². The third-order valence-corrected chi connectivity index (χ3v) is 10.2. The van der Waals surface area contributed by atoms with E-state index in [1.165, 1.54) is 16.7 Å². The molecule has 0 radical (unpaired) electrons. The number of carbonyl (C=O) groups is 3. The molecule has 14 heteroatoms. The summed E-state index contributed by atoms with van der Waals surface area (Å²) in [5.74, 6) is -3.20. The molecule has 0 saturated carbocycles. The number of benzene rings is 3. The van der Waals surface area contributed by atoms with Crippen molar-refractivity contribution in [3.05, 3.63) is 109 Å². The predicted molar refractivity (Wildman–Crippen MR) is 159 cm³/mol. The lowest BCUT2D eigenvalue weighted by Gasteiger charge is -2.30. The van der Waals surface area contributed by atoms with Crippen molar-refractivity contribution < 1.29 is 27.6 Å². The molecule has 1 N–H and O–H groups in total. The van der Waals surface area contributed by atoms with Gasteiger partial charge in [-0.15, -0.1) is 0 Å². The van der Waals surface area contributed by atoms with Crippen molar-refractivity contribution in [2.24, 2.45) is 5.92 Å². The molecule has 4 aromatic rings. The van der Waals surface area contributed by atoms with Gasteiger partial charge in [-0.2, -0.15) is 13.2 Å². The Morgan fingerprint density at radius 2 is 1.56 bits per heavy atom. The van der Waals surface area contributed by atoms with E-state index < -0.39 is 58.0 Å². The summed E-state index contributed by atoms with van der Waals surface area (Å²) in [5.41, 5.74) is -0.0105. The van der Waals surface area contributed by atoms with Crippen molar-refractivity contribution in [3.8, 4) is 0 Å². The fourth-order valence-electron chi connectivity index (χ4n) is 5.25. The molecular weight excluding hydrogens is 646 g/mol. The zero-order valence-corrected chi connectivity index (χ0v) is 24.7. The minimum Gasteiger partial charge on any atom is -0.325 e. The number of thioether (sulfide) groups is 1. The number of anilines is 2. The van der Waals surface area contributed by atoms with Crippen LogP contribution in [0.4, 0.5) is 24.5 Å². The van der Waals surface area contributed by atoms with Crippen LogP contribution in [0.1, 0.15) is 21.9 Å². The van der Waals surface area contributed by atoms with Crippen molar-refractivity contribution in [3.63, 3.8) is 0 Å². The molecular formula is C29H18Cl2F3N3O4S2. The van der Waals surface area contributed by atoms with Crippen LogP contribution in [-0.2, 0) is 27.1 Å². The van der Waals surface area contributed by atoms with Crippen molar-refractivity contribution in [1.29, 1.82) is 0 Å². The minimum absolute atomic E-state index is 0.0843. The van der Waals surface area contributed by atoms with Crippen LogP contribution in [0.3, 0.4) is 0 Å². The fourth-order valence-corrected chi connectivity index (χ4v) is 8.27. The van der Waals surface area contributed by atoms with Crippen LogP contribution in [0.25, 0.3) is 0 Å². The molecule has 0 bridgehead atoms. The molecule has 2 unspecified atom stereocenters. The summed E-state index contributed by atoms with van der Waals surface area (Å²) in [5, 5.41) is 2.73. The Bertz CT molecular complexity index is 1820. The second kappa shape index (κ2) is 11.2. The Morgan fingerprint density at radius 1 is 0.907 bits per heavy atom. The quantitative estimate of drug-likeness (QED) is 0.241. The number of amides is 3. The summed E-state index contributed by atoms with van der Waals surface area (Å²) in [6, 6.07) is 17.2. The first-order valence-electron chi connectivity index (χ1n) is 12.7. The average molecular weight is 665 g/mol. The summed E-state index contributed by atoms with van der Waals surface area (Å²) in [6.45, 7) is -0.512. The van der Waals surface area contributed by atoms with Crippen LogP contribution in [0, 0.1) is 5.92 Å². The number of hydrogen-bond acceptors (Lipinski definition) is 6. The number of thiazole rings is 1. The number of fused-ring (bicyclic) bond motifs is 2. The zero-order chi connectivity index (χ0) is 30.6. The van der Waals surface area contributed by atoms with E-state index in [1.54, 1.807) is 48.5 Å². The molecule has 0 aliphatic carbocycles. The first-order chi connectivity index (χ1) is 20.4. The van der Waals surface area contributed by atoms with E-state index in [9.17, 15) is 32.3 Å². The van der Waals surface area contributed by atoms with Gasteiger partial charge in [-0.1, -0.05) is 64.5 Å². The molecule has 3 heterocycles. The first-order valence-corrected chi connectivity index (χ1v) is 15.1. The van der Waals surface area contributed by atoms with Gasteiger partial charge in [0, 0.05) is 26.5 Å². The molecule has 7 nitrogen and oxygen atoms in total. The number of imide groups is 1. The van der Waals surface area contributed by atoms with Crippen LogP contribution in [0.2, 0.25) is 10.0 Å². The Labute approximate surface area is 260 Å². The minimum atomic E-state index is -4.60. The molecule has 1 fully saturated rings. The van der Waals surface area contributed by atoms with Gasteiger partial charge in [0.25, 0.3) is 0 Å². The highest BCUT2D eigenvalue weighted by Crippen LogP contribution is 2.54.